The molecule has 0 aliphatic rings. The molecular weight excluding hydrogens is 250 g/mol. The fourth-order valence-electron chi connectivity index (χ4n) is 1.10. The lowest BCUT2D eigenvalue weighted by Crippen LogP contribution is -1.90. The number of hydrogen-bond donors (Lipinski definition) is 0. The van der Waals surface area contributed by atoms with Crippen LogP contribution in [0.3, 0.4) is 0 Å². The third-order valence-electron chi connectivity index (χ3n) is 1.75. The van der Waals surface area contributed by atoms with E-state index in [4.69, 9.17) is 8.94 Å². The van der Waals surface area contributed by atoms with Gasteiger partial charge in [0.05, 0.1) is 11.8 Å². The Morgan fingerprint density at radius 3 is 2.86 bits per heavy atom. The molecule has 0 aromatic carbocycles. The minimum atomic E-state index is -0.103. The zero-order valence-corrected chi connectivity index (χ0v) is 8.87. The first kappa shape index (κ1) is 9.21. The molecule has 0 saturated carbocycles. The summed E-state index contributed by atoms with van der Waals surface area (Å²) in [7, 11) is 0. The summed E-state index contributed by atoms with van der Waals surface area (Å²) in [6.07, 6.45) is 1.38. The second-order valence-electron chi connectivity index (χ2n) is 2.73. The van der Waals surface area contributed by atoms with Gasteiger partial charge < -0.3 is 8.94 Å². The van der Waals surface area contributed by atoms with Crippen LogP contribution in [0.4, 0.5) is 0 Å². The van der Waals surface area contributed by atoms with Crippen LogP contribution in [0.2, 0.25) is 0 Å². The second-order valence-corrected chi connectivity index (χ2v) is 3.51. The lowest BCUT2D eigenvalue weighted by atomic mass is 10.1. The Labute approximate surface area is 88.0 Å². The Bertz CT molecular complexity index is 472. The van der Waals surface area contributed by atoms with Gasteiger partial charge in [-0.1, -0.05) is 5.16 Å². The molecule has 72 valence electrons. The third-order valence-corrected chi connectivity index (χ3v) is 2.17. The van der Waals surface area contributed by atoms with Gasteiger partial charge >= 0.3 is 0 Å². The number of Topliss-reactive ketones (excluding diaryl/α,β-unsaturated/α-hetero) is 1. The lowest BCUT2D eigenvalue weighted by molar-refractivity contribution is 0.101. The molecule has 2 heterocycles. The fraction of sp³-hybridized carbons (Fsp3) is 0.111. The molecule has 0 unspecified atom stereocenters. The zero-order chi connectivity index (χ0) is 10.1. The van der Waals surface area contributed by atoms with Crippen LogP contribution in [0.15, 0.2) is 31.9 Å². The van der Waals surface area contributed by atoms with E-state index in [1.54, 1.807) is 12.1 Å². The van der Waals surface area contributed by atoms with Crippen LogP contribution in [0, 0.1) is 0 Å². The summed E-state index contributed by atoms with van der Waals surface area (Å²) in [4.78, 5) is 11.2. The fourth-order valence-corrected chi connectivity index (χ4v) is 1.41. The largest absolute Gasteiger partial charge is 0.446 e. The lowest BCUT2D eigenvalue weighted by Gasteiger charge is -1.91. The highest BCUT2D eigenvalue weighted by Crippen LogP contribution is 2.27. The van der Waals surface area contributed by atoms with Crippen LogP contribution in [0.25, 0.3) is 11.5 Å². The molecule has 2 aromatic rings. The van der Waals surface area contributed by atoms with Crippen molar-refractivity contribution in [2.75, 3.05) is 0 Å². The smallest absolute Gasteiger partial charge is 0.212 e. The molecule has 0 bridgehead atoms. The average molecular weight is 256 g/mol. The van der Waals surface area contributed by atoms with Gasteiger partial charge in [-0.25, -0.2) is 0 Å². The predicted molar refractivity (Wildman–Crippen MR) is 51.9 cm³/mol. The van der Waals surface area contributed by atoms with Crippen molar-refractivity contribution in [2.24, 2.45) is 0 Å². The molecule has 4 nitrogen and oxygen atoms in total. The van der Waals surface area contributed by atoms with Crippen LogP contribution in [-0.4, -0.2) is 10.9 Å². The maximum atomic E-state index is 11.2. The number of halogens is 1. The molecule has 0 aliphatic heterocycles. The first-order valence-electron chi connectivity index (χ1n) is 3.90. The molecule has 2 aromatic heterocycles. The molecule has 0 fully saturated rings. The number of ketones is 1. The van der Waals surface area contributed by atoms with Crippen LogP contribution >= 0.6 is 15.9 Å². The van der Waals surface area contributed by atoms with E-state index in [0.717, 1.165) is 0 Å². The molecule has 0 radical (unpaired) electrons. The van der Waals surface area contributed by atoms with Gasteiger partial charge in [0.25, 0.3) is 0 Å². The van der Waals surface area contributed by atoms with E-state index in [1.165, 1.54) is 13.1 Å². The number of furan rings is 1. The minimum Gasteiger partial charge on any atom is -0.446 e. The summed E-state index contributed by atoms with van der Waals surface area (Å²) in [5.74, 6) is 0.747. The summed E-state index contributed by atoms with van der Waals surface area (Å²) in [5.41, 5.74) is 0.423. The molecule has 0 saturated heterocycles. The quantitative estimate of drug-likeness (QED) is 0.775. The third kappa shape index (κ3) is 1.50. The van der Waals surface area contributed by atoms with Crippen LogP contribution in [-0.2, 0) is 0 Å². The molecule has 0 N–H and O–H groups in total. The maximum Gasteiger partial charge on any atom is 0.212 e. The Morgan fingerprint density at radius 1 is 1.50 bits per heavy atom. The van der Waals surface area contributed by atoms with Crippen LogP contribution < -0.4 is 0 Å². The highest BCUT2D eigenvalue weighted by Gasteiger charge is 2.17. The van der Waals surface area contributed by atoms with Crippen molar-refractivity contribution in [3.63, 3.8) is 0 Å². The summed E-state index contributed by atoms with van der Waals surface area (Å²) < 4.78 is 10.8. The first-order chi connectivity index (χ1) is 6.68. The molecule has 14 heavy (non-hydrogen) atoms. The summed E-state index contributed by atoms with van der Waals surface area (Å²) in [6, 6.07) is 3.43. The summed E-state index contributed by atoms with van der Waals surface area (Å²) in [6.45, 7) is 1.45. The van der Waals surface area contributed by atoms with E-state index in [-0.39, 0.29) is 5.78 Å². The van der Waals surface area contributed by atoms with Crippen molar-refractivity contribution in [3.8, 4) is 11.5 Å². The Hall–Kier alpha value is -1.36. The molecule has 2 rings (SSSR count). The first-order valence-corrected chi connectivity index (χ1v) is 4.69. The van der Waals surface area contributed by atoms with Crippen LogP contribution in [0.5, 0.6) is 0 Å². The highest BCUT2D eigenvalue weighted by atomic mass is 79.9. The van der Waals surface area contributed by atoms with E-state index in [0.29, 0.717) is 21.8 Å². The molecule has 0 amide bonds. The van der Waals surface area contributed by atoms with Crippen molar-refractivity contribution in [1.82, 2.24) is 5.16 Å². The van der Waals surface area contributed by atoms with E-state index in [2.05, 4.69) is 21.1 Å². The number of carbonyl (C=O) groups excluding carboxylic acids is 1. The number of hydrogen-bond acceptors (Lipinski definition) is 4. The van der Waals surface area contributed by atoms with Gasteiger partial charge in [-0.3, -0.25) is 4.79 Å². The summed E-state index contributed by atoms with van der Waals surface area (Å²) >= 11 is 3.17. The maximum absolute atomic E-state index is 11.2. The van der Waals surface area contributed by atoms with Crippen molar-refractivity contribution >= 4 is 21.7 Å². The van der Waals surface area contributed by atoms with E-state index >= 15 is 0 Å². The zero-order valence-electron chi connectivity index (χ0n) is 7.28. The van der Waals surface area contributed by atoms with Crippen molar-refractivity contribution in [3.05, 3.63) is 28.6 Å². The van der Waals surface area contributed by atoms with Gasteiger partial charge in [0.2, 0.25) is 5.76 Å². The van der Waals surface area contributed by atoms with Gasteiger partial charge in [0.15, 0.2) is 16.2 Å². The van der Waals surface area contributed by atoms with Gasteiger partial charge in [-0.2, -0.15) is 0 Å². The number of carbonyl (C=O) groups is 1. The number of nitrogens with zero attached hydrogens (tertiary/aromatic N) is 1. The monoisotopic (exact) mass is 255 g/mol. The SMILES string of the molecule is CC(=O)c1cnoc1-c1ccc(Br)o1. The van der Waals surface area contributed by atoms with Gasteiger partial charge in [-0.05, 0) is 35.0 Å². The highest BCUT2D eigenvalue weighted by molar-refractivity contribution is 9.10. The van der Waals surface area contributed by atoms with Crippen molar-refractivity contribution in [2.45, 2.75) is 6.92 Å². The van der Waals surface area contributed by atoms with E-state index < -0.39 is 0 Å². The normalized spacial score (nSPS) is 10.4. The minimum absolute atomic E-state index is 0.103. The second kappa shape index (κ2) is 3.42. The Morgan fingerprint density at radius 2 is 2.29 bits per heavy atom. The van der Waals surface area contributed by atoms with Crippen molar-refractivity contribution in [1.29, 1.82) is 0 Å². The topological polar surface area (TPSA) is 56.2 Å². The number of rotatable bonds is 2. The van der Waals surface area contributed by atoms with Gasteiger partial charge in [-0.15, -0.1) is 0 Å². The Kier molecular flexibility index (Phi) is 2.25. The molecule has 0 spiro atoms. The molecule has 0 aliphatic carbocycles. The molecule has 5 heteroatoms. The van der Waals surface area contributed by atoms with Crippen molar-refractivity contribution < 1.29 is 13.7 Å². The Balaban J connectivity index is 2.51. The average Bonchev–Trinajstić information content (AvgIpc) is 2.70. The summed E-state index contributed by atoms with van der Waals surface area (Å²) in [5, 5.41) is 3.56. The van der Waals surface area contributed by atoms with E-state index in [9.17, 15) is 4.79 Å². The molecular formula is C9H6BrNO3. The number of aromatic nitrogens is 1. The predicted octanol–water partition coefficient (Wildman–Crippen LogP) is 2.90. The van der Waals surface area contributed by atoms with Gasteiger partial charge in [0, 0.05) is 0 Å². The van der Waals surface area contributed by atoms with Gasteiger partial charge in [0.1, 0.15) is 0 Å². The van der Waals surface area contributed by atoms with E-state index in [1.807, 2.05) is 0 Å². The standard InChI is InChI=1S/C9H6BrNO3/c1-5(12)6-4-11-14-9(6)7-2-3-8(10)13-7/h2-4H,1H3. The van der Waals surface area contributed by atoms with Crippen LogP contribution in [0.1, 0.15) is 17.3 Å². The molecule has 0 atom stereocenters.